The Hall–Kier alpha value is -1.56. The first-order chi connectivity index (χ1) is 7.40. The SMILES string of the molecule is Cc1cc(Br)c(C)c(N=C(N)N=C(N)N)c1. The fourth-order valence-electron chi connectivity index (χ4n) is 1.19. The van der Waals surface area contributed by atoms with Crippen molar-refractivity contribution < 1.29 is 0 Å². The van der Waals surface area contributed by atoms with Crippen LogP contribution < -0.4 is 17.2 Å². The van der Waals surface area contributed by atoms with E-state index in [9.17, 15) is 0 Å². The van der Waals surface area contributed by atoms with Crippen LogP contribution in [0.4, 0.5) is 5.69 Å². The van der Waals surface area contributed by atoms with Crippen molar-refractivity contribution in [3.8, 4) is 0 Å². The molecule has 0 saturated heterocycles. The number of halogens is 1. The number of rotatable bonds is 1. The van der Waals surface area contributed by atoms with Gasteiger partial charge < -0.3 is 17.2 Å². The number of benzene rings is 1. The smallest absolute Gasteiger partial charge is 0.223 e. The van der Waals surface area contributed by atoms with Crippen LogP contribution in [-0.2, 0) is 0 Å². The average Bonchev–Trinajstić information content (AvgIpc) is 2.11. The maximum atomic E-state index is 5.56. The highest BCUT2D eigenvalue weighted by atomic mass is 79.9. The second-order valence-corrected chi connectivity index (χ2v) is 4.25. The minimum absolute atomic E-state index is 0.0422. The molecule has 0 radical (unpaired) electrons. The van der Waals surface area contributed by atoms with Crippen LogP contribution in [0.15, 0.2) is 26.6 Å². The van der Waals surface area contributed by atoms with Gasteiger partial charge in [0.2, 0.25) is 5.96 Å². The topological polar surface area (TPSA) is 103 Å². The molecule has 0 heterocycles. The molecule has 86 valence electrons. The third-order valence-corrected chi connectivity index (χ3v) is 2.76. The van der Waals surface area contributed by atoms with Crippen molar-refractivity contribution >= 4 is 33.5 Å². The van der Waals surface area contributed by atoms with E-state index in [1.807, 2.05) is 26.0 Å². The van der Waals surface area contributed by atoms with E-state index < -0.39 is 0 Å². The van der Waals surface area contributed by atoms with E-state index in [1.165, 1.54) is 0 Å². The molecular formula is C10H14BrN5. The summed E-state index contributed by atoms with van der Waals surface area (Å²) >= 11 is 3.44. The van der Waals surface area contributed by atoms with E-state index in [0.29, 0.717) is 0 Å². The molecule has 0 aliphatic rings. The molecule has 0 aliphatic heterocycles. The quantitative estimate of drug-likeness (QED) is 0.534. The highest BCUT2D eigenvalue weighted by molar-refractivity contribution is 9.10. The molecular weight excluding hydrogens is 270 g/mol. The molecule has 0 spiro atoms. The predicted molar refractivity (Wildman–Crippen MR) is 70.7 cm³/mol. The van der Waals surface area contributed by atoms with Gasteiger partial charge in [-0.15, -0.1) is 0 Å². The van der Waals surface area contributed by atoms with Gasteiger partial charge >= 0.3 is 0 Å². The van der Waals surface area contributed by atoms with Crippen LogP contribution in [0, 0.1) is 13.8 Å². The van der Waals surface area contributed by atoms with Crippen molar-refractivity contribution in [1.29, 1.82) is 0 Å². The lowest BCUT2D eigenvalue weighted by Crippen LogP contribution is -2.26. The second-order valence-electron chi connectivity index (χ2n) is 3.40. The minimum Gasteiger partial charge on any atom is -0.370 e. The Labute approximate surface area is 103 Å². The molecule has 0 saturated carbocycles. The van der Waals surface area contributed by atoms with E-state index in [1.54, 1.807) is 0 Å². The molecule has 1 aromatic carbocycles. The fraction of sp³-hybridized carbons (Fsp3) is 0.200. The van der Waals surface area contributed by atoms with E-state index in [2.05, 4.69) is 25.9 Å². The summed E-state index contributed by atoms with van der Waals surface area (Å²) in [6.07, 6.45) is 0. The number of hydrogen-bond donors (Lipinski definition) is 3. The lowest BCUT2D eigenvalue weighted by Gasteiger charge is -2.05. The molecule has 1 aromatic rings. The summed E-state index contributed by atoms with van der Waals surface area (Å²) in [6, 6.07) is 3.92. The lowest BCUT2D eigenvalue weighted by molar-refractivity contribution is 1.30. The molecule has 1 rings (SSSR count). The van der Waals surface area contributed by atoms with Gasteiger partial charge in [-0.2, -0.15) is 4.99 Å². The Balaban J connectivity index is 3.20. The Morgan fingerprint density at radius 2 is 1.81 bits per heavy atom. The Bertz CT molecular complexity index is 461. The van der Waals surface area contributed by atoms with Gasteiger partial charge in [-0.25, -0.2) is 4.99 Å². The highest BCUT2D eigenvalue weighted by Crippen LogP contribution is 2.28. The van der Waals surface area contributed by atoms with Gasteiger partial charge in [0.05, 0.1) is 5.69 Å². The number of nitrogens with zero attached hydrogens (tertiary/aromatic N) is 2. The van der Waals surface area contributed by atoms with Crippen LogP contribution in [0.25, 0.3) is 0 Å². The molecule has 16 heavy (non-hydrogen) atoms. The lowest BCUT2D eigenvalue weighted by atomic mass is 10.1. The van der Waals surface area contributed by atoms with E-state index in [0.717, 1.165) is 21.3 Å². The number of hydrogen-bond acceptors (Lipinski definition) is 1. The van der Waals surface area contributed by atoms with Crippen molar-refractivity contribution in [1.82, 2.24) is 0 Å². The molecule has 0 aliphatic carbocycles. The van der Waals surface area contributed by atoms with Gasteiger partial charge in [-0.1, -0.05) is 15.9 Å². The third kappa shape index (κ3) is 3.23. The average molecular weight is 284 g/mol. The van der Waals surface area contributed by atoms with Gasteiger partial charge in [0.15, 0.2) is 5.96 Å². The Morgan fingerprint density at radius 1 is 1.19 bits per heavy atom. The van der Waals surface area contributed by atoms with Crippen molar-refractivity contribution in [2.75, 3.05) is 0 Å². The molecule has 0 aromatic heterocycles. The number of aryl methyl sites for hydroxylation is 1. The van der Waals surface area contributed by atoms with Crippen LogP contribution in [-0.4, -0.2) is 11.9 Å². The zero-order valence-corrected chi connectivity index (χ0v) is 10.7. The first-order valence-corrected chi connectivity index (χ1v) is 5.40. The molecule has 0 unspecified atom stereocenters. The molecule has 0 bridgehead atoms. The summed E-state index contributed by atoms with van der Waals surface area (Å²) in [7, 11) is 0. The Morgan fingerprint density at radius 3 is 2.38 bits per heavy atom. The summed E-state index contributed by atoms with van der Waals surface area (Å²) in [5.41, 5.74) is 18.8. The standard InChI is InChI=1S/C10H14BrN5/c1-5-3-7(11)6(2)8(4-5)15-10(14)16-9(12)13/h3-4H,1-2H3,(H6,12,13,14,15,16). The van der Waals surface area contributed by atoms with Crippen LogP contribution in [0.2, 0.25) is 0 Å². The number of nitrogens with two attached hydrogens (primary N) is 3. The minimum atomic E-state index is -0.106. The van der Waals surface area contributed by atoms with Crippen LogP contribution in [0.5, 0.6) is 0 Å². The third-order valence-electron chi connectivity index (χ3n) is 1.94. The number of guanidine groups is 2. The van der Waals surface area contributed by atoms with E-state index in [-0.39, 0.29) is 11.9 Å². The first-order valence-electron chi connectivity index (χ1n) is 4.60. The normalized spacial score (nSPS) is 11.3. The molecule has 6 N–H and O–H groups in total. The summed E-state index contributed by atoms with van der Waals surface area (Å²) in [5.74, 6) is -0.0637. The summed E-state index contributed by atoms with van der Waals surface area (Å²) in [6.45, 7) is 3.91. The zero-order chi connectivity index (χ0) is 12.3. The van der Waals surface area contributed by atoms with Crippen LogP contribution in [0.1, 0.15) is 11.1 Å². The van der Waals surface area contributed by atoms with Crippen molar-refractivity contribution in [2.24, 2.45) is 27.2 Å². The van der Waals surface area contributed by atoms with Gasteiger partial charge in [0.25, 0.3) is 0 Å². The molecule has 0 atom stereocenters. The summed E-state index contributed by atoms with van der Waals surface area (Å²) in [5, 5.41) is 0. The zero-order valence-electron chi connectivity index (χ0n) is 9.16. The number of aliphatic imine (C=N–C) groups is 2. The van der Waals surface area contributed by atoms with Crippen molar-refractivity contribution in [3.63, 3.8) is 0 Å². The van der Waals surface area contributed by atoms with Crippen molar-refractivity contribution in [3.05, 3.63) is 27.7 Å². The summed E-state index contributed by atoms with van der Waals surface area (Å²) in [4.78, 5) is 7.80. The van der Waals surface area contributed by atoms with E-state index in [4.69, 9.17) is 17.2 Å². The second kappa shape index (κ2) is 4.98. The first kappa shape index (κ1) is 12.5. The predicted octanol–water partition coefficient (Wildman–Crippen LogP) is 1.29. The molecule has 5 nitrogen and oxygen atoms in total. The van der Waals surface area contributed by atoms with Gasteiger partial charge in [-0.05, 0) is 37.1 Å². The molecule has 0 fully saturated rings. The Kier molecular flexibility index (Phi) is 3.89. The fourth-order valence-corrected chi connectivity index (χ4v) is 1.76. The van der Waals surface area contributed by atoms with Crippen LogP contribution in [0.3, 0.4) is 0 Å². The largest absolute Gasteiger partial charge is 0.370 e. The monoisotopic (exact) mass is 283 g/mol. The molecule has 6 heteroatoms. The molecule has 0 amide bonds. The van der Waals surface area contributed by atoms with Crippen LogP contribution >= 0.6 is 15.9 Å². The van der Waals surface area contributed by atoms with Gasteiger partial charge in [0, 0.05) is 4.47 Å². The van der Waals surface area contributed by atoms with Gasteiger partial charge in [0.1, 0.15) is 0 Å². The maximum absolute atomic E-state index is 5.56. The summed E-state index contributed by atoms with van der Waals surface area (Å²) < 4.78 is 0.976. The highest BCUT2D eigenvalue weighted by Gasteiger charge is 2.03. The van der Waals surface area contributed by atoms with Crippen molar-refractivity contribution in [2.45, 2.75) is 13.8 Å². The van der Waals surface area contributed by atoms with E-state index >= 15 is 0 Å². The maximum Gasteiger partial charge on any atom is 0.223 e. The van der Waals surface area contributed by atoms with Gasteiger partial charge in [-0.3, -0.25) is 0 Å².